The number of aryl methyl sites for hydroxylation is 1. The molecule has 1 unspecified atom stereocenters. The molecule has 1 atom stereocenters. The Morgan fingerprint density at radius 1 is 1.48 bits per heavy atom. The minimum atomic E-state index is -0.490. The lowest BCUT2D eigenvalue weighted by Crippen LogP contribution is -2.20. The summed E-state index contributed by atoms with van der Waals surface area (Å²) in [4.78, 5) is 11.5. The maximum absolute atomic E-state index is 11.5. The van der Waals surface area contributed by atoms with Gasteiger partial charge in [-0.3, -0.25) is 4.79 Å². The molecule has 110 valence electrons. The molecule has 0 amide bonds. The van der Waals surface area contributed by atoms with E-state index >= 15 is 0 Å². The average Bonchev–Trinajstić information content (AvgIpc) is 2.46. The van der Waals surface area contributed by atoms with Crippen molar-refractivity contribution in [3.05, 3.63) is 47.1 Å². The second kappa shape index (κ2) is 7.75. The zero-order valence-electron chi connectivity index (χ0n) is 12.9. The number of ketones is 1. The van der Waals surface area contributed by atoms with Gasteiger partial charge in [0.2, 0.25) is 5.44 Å². The van der Waals surface area contributed by atoms with Crippen molar-refractivity contribution in [3.8, 4) is 18.1 Å². The number of terminal acetylenes is 1. The molecule has 0 aromatic heterocycles. The summed E-state index contributed by atoms with van der Waals surface area (Å²) in [6.07, 6.45) is 10.8. The fourth-order valence-electron chi connectivity index (χ4n) is 1.82. The SMILES string of the molecule is C#C/C(C=C)=C/c1cc(OC(SC)C(C)=O)cc(C)c1C. The minimum Gasteiger partial charge on any atom is -0.472 e. The van der Waals surface area contributed by atoms with Crippen LogP contribution < -0.4 is 4.74 Å². The predicted octanol–water partition coefficient (Wildman–Crippen LogP) is 4.16. The number of thioether (sulfide) groups is 1. The van der Waals surface area contributed by atoms with Crippen LogP contribution >= 0.6 is 11.8 Å². The molecule has 0 fully saturated rings. The molecule has 0 saturated heterocycles. The van der Waals surface area contributed by atoms with Gasteiger partial charge in [0.05, 0.1) is 0 Å². The second-order valence-corrected chi connectivity index (χ2v) is 5.60. The average molecular weight is 300 g/mol. The summed E-state index contributed by atoms with van der Waals surface area (Å²) in [6, 6.07) is 3.83. The number of carbonyl (C=O) groups is 1. The first-order valence-corrected chi connectivity index (χ1v) is 7.83. The second-order valence-electron chi connectivity index (χ2n) is 4.70. The summed E-state index contributed by atoms with van der Waals surface area (Å²) < 4.78 is 5.76. The maximum Gasteiger partial charge on any atom is 0.202 e. The summed E-state index contributed by atoms with van der Waals surface area (Å²) >= 11 is 1.38. The van der Waals surface area contributed by atoms with Crippen molar-refractivity contribution < 1.29 is 9.53 Å². The summed E-state index contributed by atoms with van der Waals surface area (Å²) in [5.41, 5.74) is 3.40. The Hall–Kier alpha value is -1.92. The third kappa shape index (κ3) is 4.54. The van der Waals surface area contributed by atoms with Crippen LogP contribution in [0.2, 0.25) is 0 Å². The molecular weight excluding hydrogens is 280 g/mol. The van der Waals surface area contributed by atoms with E-state index in [4.69, 9.17) is 11.2 Å². The highest BCUT2D eigenvalue weighted by molar-refractivity contribution is 7.99. The number of benzene rings is 1. The highest BCUT2D eigenvalue weighted by atomic mass is 32.2. The van der Waals surface area contributed by atoms with Gasteiger partial charge >= 0.3 is 0 Å². The van der Waals surface area contributed by atoms with E-state index in [9.17, 15) is 4.79 Å². The van der Waals surface area contributed by atoms with E-state index in [1.807, 2.05) is 38.3 Å². The monoisotopic (exact) mass is 300 g/mol. The number of carbonyl (C=O) groups excluding carboxylic acids is 1. The standard InChI is InChI=1S/C18H20O2S/c1-7-15(8-2)10-16-11-17(9-12(3)13(16)4)20-18(21-6)14(5)19/h1,8-11,18H,2H2,3-6H3/b15-10-. The van der Waals surface area contributed by atoms with Crippen LogP contribution in [0.15, 0.2) is 30.4 Å². The first-order valence-electron chi connectivity index (χ1n) is 6.54. The van der Waals surface area contributed by atoms with E-state index in [0.717, 1.165) is 16.7 Å². The van der Waals surface area contributed by atoms with Gasteiger partial charge in [0.25, 0.3) is 0 Å². The van der Waals surface area contributed by atoms with Crippen molar-refractivity contribution in [1.29, 1.82) is 0 Å². The van der Waals surface area contributed by atoms with E-state index in [-0.39, 0.29) is 5.78 Å². The van der Waals surface area contributed by atoms with Gasteiger partial charge in [0.15, 0.2) is 5.78 Å². The van der Waals surface area contributed by atoms with Crippen LogP contribution in [0, 0.1) is 26.2 Å². The molecule has 0 heterocycles. The lowest BCUT2D eigenvalue weighted by Gasteiger charge is -2.16. The molecule has 1 rings (SSSR count). The van der Waals surface area contributed by atoms with Gasteiger partial charge in [0, 0.05) is 5.57 Å². The van der Waals surface area contributed by atoms with Crippen molar-refractivity contribution in [2.75, 3.05) is 6.26 Å². The number of hydrogen-bond acceptors (Lipinski definition) is 3. The molecule has 1 aromatic carbocycles. The fourth-order valence-corrected chi connectivity index (χ4v) is 2.36. The summed E-state index contributed by atoms with van der Waals surface area (Å²) in [5, 5.41) is 0. The van der Waals surface area contributed by atoms with Crippen LogP contribution in [0.5, 0.6) is 5.75 Å². The topological polar surface area (TPSA) is 26.3 Å². The number of rotatable bonds is 6. The molecule has 0 saturated carbocycles. The van der Waals surface area contributed by atoms with E-state index in [1.165, 1.54) is 18.7 Å². The van der Waals surface area contributed by atoms with Gasteiger partial charge in [-0.1, -0.05) is 18.6 Å². The Morgan fingerprint density at radius 2 is 2.14 bits per heavy atom. The molecule has 1 aromatic rings. The first kappa shape index (κ1) is 17.1. The number of hydrogen-bond donors (Lipinski definition) is 0. The Labute approximate surface area is 131 Å². The van der Waals surface area contributed by atoms with Crippen molar-refractivity contribution in [2.24, 2.45) is 0 Å². The van der Waals surface area contributed by atoms with Gasteiger partial charge in [-0.15, -0.1) is 18.2 Å². The van der Waals surface area contributed by atoms with Crippen LogP contribution in [0.4, 0.5) is 0 Å². The number of Topliss-reactive ketones (excluding diaryl/α,β-unsaturated/α-hetero) is 1. The Bertz CT molecular complexity index is 621. The maximum atomic E-state index is 11.5. The third-order valence-corrected chi connectivity index (χ3v) is 4.02. The van der Waals surface area contributed by atoms with E-state index in [0.29, 0.717) is 11.3 Å². The molecule has 0 N–H and O–H groups in total. The van der Waals surface area contributed by atoms with Crippen molar-refractivity contribution in [2.45, 2.75) is 26.2 Å². The van der Waals surface area contributed by atoms with Gasteiger partial charge in [0.1, 0.15) is 5.75 Å². The fraction of sp³-hybridized carbons (Fsp3) is 0.278. The van der Waals surface area contributed by atoms with Gasteiger partial charge in [-0.2, -0.15) is 0 Å². The third-order valence-electron chi connectivity index (χ3n) is 3.17. The van der Waals surface area contributed by atoms with E-state index < -0.39 is 5.44 Å². The van der Waals surface area contributed by atoms with Crippen LogP contribution in [-0.2, 0) is 4.79 Å². The van der Waals surface area contributed by atoms with Crippen LogP contribution in [0.1, 0.15) is 23.6 Å². The van der Waals surface area contributed by atoms with Crippen LogP contribution in [0.3, 0.4) is 0 Å². The largest absolute Gasteiger partial charge is 0.472 e. The smallest absolute Gasteiger partial charge is 0.202 e. The molecule has 0 spiro atoms. The quantitative estimate of drug-likeness (QED) is 0.448. The van der Waals surface area contributed by atoms with Gasteiger partial charge in [-0.05, 0) is 61.9 Å². The normalized spacial score (nSPS) is 12.4. The Kier molecular flexibility index (Phi) is 6.33. The molecule has 0 radical (unpaired) electrons. The van der Waals surface area contributed by atoms with Crippen molar-refractivity contribution in [1.82, 2.24) is 0 Å². The molecule has 21 heavy (non-hydrogen) atoms. The van der Waals surface area contributed by atoms with Gasteiger partial charge < -0.3 is 4.74 Å². The Balaban J connectivity index is 3.24. The summed E-state index contributed by atoms with van der Waals surface area (Å²) in [7, 11) is 0. The van der Waals surface area contributed by atoms with E-state index in [1.54, 1.807) is 6.08 Å². The first-order chi connectivity index (χ1) is 9.92. The molecular formula is C18H20O2S. The lowest BCUT2D eigenvalue weighted by atomic mass is 10.0. The van der Waals surface area contributed by atoms with Crippen LogP contribution in [-0.4, -0.2) is 17.5 Å². The highest BCUT2D eigenvalue weighted by Gasteiger charge is 2.15. The van der Waals surface area contributed by atoms with Crippen molar-refractivity contribution in [3.63, 3.8) is 0 Å². The van der Waals surface area contributed by atoms with E-state index in [2.05, 4.69) is 12.5 Å². The summed E-state index contributed by atoms with van der Waals surface area (Å²) in [6.45, 7) is 9.25. The van der Waals surface area contributed by atoms with Crippen molar-refractivity contribution >= 4 is 23.6 Å². The summed E-state index contributed by atoms with van der Waals surface area (Å²) in [5.74, 6) is 3.24. The molecule has 0 aliphatic heterocycles. The van der Waals surface area contributed by atoms with Crippen LogP contribution in [0.25, 0.3) is 6.08 Å². The zero-order valence-corrected chi connectivity index (χ0v) is 13.7. The number of allylic oxidation sites excluding steroid dienone is 2. The highest BCUT2D eigenvalue weighted by Crippen LogP contribution is 2.26. The predicted molar refractivity (Wildman–Crippen MR) is 91.5 cm³/mol. The molecule has 2 nitrogen and oxygen atoms in total. The molecule has 0 aliphatic carbocycles. The lowest BCUT2D eigenvalue weighted by molar-refractivity contribution is -0.120. The molecule has 0 bridgehead atoms. The zero-order chi connectivity index (χ0) is 16.0. The Morgan fingerprint density at radius 3 is 2.62 bits per heavy atom. The molecule has 0 aliphatic rings. The molecule has 3 heteroatoms. The number of ether oxygens (including phenoxy) is 1. The van der Waals surface area contributed by atoms with Gasteiger partial charge in [-0.25, -0.2) is 0 Å². The minimum absolute atomic E-state index is 0.00627.